The quantitative estimate of drug-likeness (QED) is 0.594. The highest BCUT2D eigenvalue weighted by Gasteiger charge is 2.31. The normalized spacial score (nSPS) is 18.8. The van der Waals surface area contributed by atoms with Gasteiger partial charge in [0.2, 0.25) is 0 Å². The molecule has 6 heteroatoms. The molecule has 1 aromatic rings. The van der Waals surface area contributed by atoms with Crippen molar-refractivity contribution in [3.8, 4) is 0 Å². The summed E-state index contributed by atoms with van der Waals surface area (Å²) in [7, 11) is 1.33. The van der Waals surface area contributed by atoms with Crippen LogP contribution in [0.15, 0.2) is 12.3 Å². The maximum absolute atomic E-state index is 13.9. The second-order valence-electron chi connectivity index (χ2n) is 4.11. The topological polar surface area (TPSA) is 59.5 Å². The summed E-state index contributed by atoms with van der Waals surface area (Å²) < 4.78 is 18.5. The molecule has 18 heavy (non-hydrogen) atoms. The Kier molecular flexibility index (Phi) is 3.55. The highest BCUT2D eigenvalue weighted by molar-refractivity contribution is 5.77. The fraction of sp³-hybridized carbons (Fsp3) is 0.417. The summed E-state index contributed by atoms with van der Waals surface area (Å²) >= 11 is 0. The van der Waals surface area contributed by atoms with Crippen LogP contribution in [-0.2, 0) is 9.53 Å². The fourth-order valence-corrected chi connectivity index (χ4v) is 2.07. The van der Waals surface area contributed by atoms with Gasteiger partial charge in [0.05, 0.1) is 18.6 Å². The van der Waals surface area contributed by atoms with Crippen LogP contribution < -0.4 is 4.90 Å². The first-order valence-corrected chi connectivity index (χ1v) is 5.59. The van der Waals surface area contributed by atoms with Crippen molar-refractivity contribution >= 4 is 18.1 Å². The van der Waals surface area contributed by atoms with E-state index >= 15 is 0 Å². The molecule has 96 valence electrons. The van der Waals surface area contributed by atoms with Crippen LogP contribution in [0.5, 0.6) is 0 Å². The smallest absolute Gasteiger partial charge is 0.310 e. The molecule has 1 aliphatic heterocycles. The lowest BCUT2D eigenvalue weighted by molar-refractivity contribution is -0.144. The molecular formula is C12H13FN2O3. The van der Waals surface area contributed by atoms with Crippen LogP contribution in [0, 0.1) is 11.7 Å². The second-order valence-corrected chi connectivity index (χ2v) is 4.11. The number of aldehydes is 1. The Bertz CT molecular complexity index is 478. The van der Waals surface area contributed by atoms with Gasteiger partial charge >= 0.3 is 5.97 Å². The molecule has 1 saturated heterocycles. The van der Waals surface area contributed by atoms with Gasteiger partial charge < -0.3 is 9.64 Å². The van der Waals surface area contributed by atoms with Crippen LogP contribution in [0.1, 0.15) is 16.8 Å². The SMILES string of the molecule is COC(=O)C1CCN(c2nccc(C=O)c2F)C1. The summed E-state index contributed by atoms with van der Waals surface area (Å²) in [6, 6.07) is 1.32. The first-order chi connectivity index (χ1) is 8.67. The van der Waals surface area contributed by atoms with Crippen LogP contribution in [0.4, 0.5) is 10.2 Å². The Morgan fingerprint density at radius 1 is 1.67 bits per heavy atom. The zero-order valence-electron chi connectivity index (χ0n) is 9.93. The molecular weight excluding hydrogens is 239 g/mol. The van der Waals surface area contributed by atoms with Crippen LogP contribution in [-0.4, -0.2) is 37.4 Å². The summed E-state index contributed by atoms with van der Waals surface area (Å²) in [5.41, 5.74) is -0.0264. The van der Waals surface area contributed by atoms with E-state index in [2.05, 4.69) is 9.72 Å². The summed E-state index contributed by atoms with van der Waals surface area (Å²) in [5, 5.41) is 0. The Morgan fingerprint density at radius 3 is 3.11 bits per heavy atom. The van der Waals surface area contributed by atoms with E-state index in [9.17, 15) is 14.0 Å². The molecule has 1 fully saturated rings. The minimum atomic E-state index is -0.641. The third kappa shape index (κ3) is 2.18. The third-order valence-electron chi connectivity index (χ3n) is 3.05. The van der Waals surface area contributed by atoms with E-state index in [1.807, 2.05) is 0 Å². The van der Waals surface area contributed by atoms with Crippen molar-refractivity contribution in [2.75, 3.05) is 25.1 Å². The lowest BCUT2D eigenvalue weighted by Gasteiger charge is -2.17. The molecule has 2 heterocycles. The summed E-state index contributed by atoms with van der Waals surface area (Å²) in [5.74, 6) is -1.09. The zero-order valence-corrected chi connectivity index (χ0v) is 9.93. The van der Waals surface area contributed by atoms with E-state index in [0.717, 1.165) is 0 Å². The molecule has 5 nitrogen and oxygen atoms in total. The zero-order chi connectivity index (χ0) is 13.1. The lowest BCUT2D eigenvalue weighted by atomic mass is 10.1. The number of rotatable bonds is 3. The van der Waals surface area contributed by atoms with Crippen LogP contribution >= 0.6 is 0 Å². The third-order valence-corrected chi connectivity index (χ3v) is 3.05. The average molecular weight is 252 g/mol. The molecule has 0 aromatic carbocycles. The predicted molar refractivity (Wildman–Crippen MR) is 61.9 cm³/mol. The number of anilines is 1. The van der Waals surface area contributed by atoms with E-state index in [0.29, 0.717) is 25.8 Å². The number of carbonyl (C=O) groups is 2. The van der Waals surface area contributed by atoms with E-state index < -0.39 is 5.82 Å². The molecule has 0 bridgehead atoms. The van der Waals surface area contributed by atoms with Crippen molar-refractivity contribution < 1.29 is 18.7 Å². The minimum Gasteiger partial charge on any atom is -0.469 e. The maximum atomic E-state index is 13.9. The average Bonchev–Trinajstić information content (AvgIpc) is 2.87. The van der Waals surface area contributed by atoms with Gasteiger partial charge in [-0.05, 0) is 12.5 Å². The summed E-state index contributed by atoms with van der Waals surface area (Å²) in [6.07, 6.45) is 2.43. The molecule has 0 radical (unpaired) electrons. The summed E-state index contributed by atoms with van der Waals surface area (Å²) in [4.78, 5) is 27.6. The Balaban J connectivity index is 2.19. The van der Waals surface area contributed by atoms with Gasteiger partial charge in [-0.15, -0.1) is 0 Å². The van der Waals surface area contributed by atoms with Crippen molar-refractivity contribution in [1.82, 2.24) is 4.98 Å². The standard InChI is InChI=1S/C12H13FN2O3/c1-18-12(17)8-3-5-15(6-8)11-10(13)9(7-16)2-4-14-11/h2,4,7-8H,3,5-6H2,1H3. The van der Waals surface area contributed by atoms with Crippen LogP contribution in [0.3, 0.4) is 0 Å². The number of ether oxygens (including phenoxy) is 1. The number of methoxy groups -OCH3 is 1. The Labute approximate surface area is 104 Å². The van der Waals surface area contributed by atoms with Crippen molar-refractivity contribution in [3.63, 3.8) is 0 Å². The van der Waals surface area contributed by atoms with Gasteiger partial charge in [-0.2, -0.15) is 0 Å². The number of aromatic nitrogens is 1. The Hall–Kier alpha value is -1.98. The highest BCUT2D eigenvalue weighted by Crippen LogP contribution is 2.26. The first kappa shape index (κ1) is 12.5. The van der Waals surface area contributed by atoms with Gasteiger partial charge in [0, 0.05) is 19.3 Å². The molecule has 0 spiro atoms. The lowest BCUT2D eigenvalue weighted by Crippen LogP contribution is -2.25. The van der Waals surface area contributed by atoms with E-state index in [-0.39, 0.29) is 23.3 Å². The van der Waals surface area contributed by atoms with Gasteiger partial charge in [0.25, 0.3) is 0 Å². The molecule has 0 amide bonds. The number of pyridine rings is 1. The van der Waals surface area contributed by atoms with Gasteiger partial charge in [-0.1, -0.05) is 0 Å². The molecule has 1 unspecified atom stereocenters. The molecule has 0 aliphatic carbocycles. The second kappa shape index (κ2) is 5.12. The number of hydrogen-bond acceptors (Lipinski definition) is 5. The molecule has 2 rings (SSSR count). The van der Waals surface area contributed by atoms with Crippen molar-refractivity contribution in [2.24, 2.45) is 5.92 Å². The maximum Gasteiger partial charge on any atom is 0.310 e. The number of halogens is 1. The Morgan fingerprint density at radius 2 is 2.44 bits per heavy atom. The van der Waals surface area contributed by atoms with Crippen molar-refractivity contribution in [1.29, 1.82) is 0 Å². The van der Waals surface area contributed by atoms with Crippen molar-refractivity contribution in [3.05, 3.63) is 23.6 Å². The first-order valence-electron chi connectivity index (χ1n) is 5.59. The minimum absolute atomic E-state index is 0.0264. The van der Waals surface area contributed by atoms with E-state index in [4.69, 9.17) is 0 Å². The van der Waals surface area contributed by atoms with Gasteiger partial charge in [0.15, 0.2) is 17.9 Å². The van der Waals surface area contributed by atoms with Gasteiger partial charge in [-0.25, -0.2) is 9.37 Å². The van der Waals surface area contributed by atoms with Gasteiger partial charge in [0.1, 0.15) is 0 Å². The number of hydrogen-bond donors (Lipinski definition) is 0. The number of esters is 1. The highest BCUT2D eigenvalue weighted by atomic mass is 19.1. The number of carbonyl (C=O) groups excluding carboxylic acids is 2. The molecule has 1 atom stereocenters. The van der Waals surface area contributed by atoms with Crippen molar-refractivity contribution in [2.45, 2.75) is 6.42 Å². The van der Waals surface area contributed by atoms with Crippen LogP contribution in [0.2, 0.25) is 0 Å². The van der Waals surface area contributed by atoms with Crippen LogP contribution in [0.25, 0.3) is 0 Å². The number of nitrogens with zero attached hydrogens (tertiary/aromatic N) is 2. The van der Waals surface area contributed by atoms with E-state index in [1.165, 1.54) is 19.4 Å². The molecule has 0 N–H and O–H groups in total. The fourth-order valence-electron chi connectivity index (χ4n) is 2.07. The summed E-state index contributed by atoms with van der Waals surface area (Å²) in [6.45, 7) is 0.880. The monoisotopic (exact) mass is 252 g/mol. The molecule has 0 saturated carbocycles. The van der Waals surface area contributed by atoms with Gasteiger partial charge in [-0.3, -0.25) is 9.59 Å². The largest absolute Gasteiger partial charge is 0.469 e. The predicted octanol–water partition coefficient (Wildman–Crippen LogP) is 1.03. The molecule has 1 aromatic heterocycles. The molecule has 1 aliphatic rings. The van der Waals surface area contributed by atoms with E-state index in [1.54, 1.807) is 4.90 Å².